The minimum atomic E-state index is -0.685. The van der Waals surface area contributed by atoms with Gasteiger partial charge >= 0.3 is 5.97 Å². The van der Waals surface area contributed by atoms with Gasteiger partial charge in [-0.25, -0.2) is 0 Å². The van der Waals surface area contributed by atoms with Crippen LogP contribution in [0.4, 0.5) is 0 Å². The Morgan fingerprint density at radius 3 is 2.65 bits per heavy atom. The van der Waals surface area contributed by atoms with Crippen molar-refractivity contribution < 1.29 is 9.53 Å². The Kier molecular flexibility index (Phi) is 2.67. The zero-order valence-electron chi connectivity index (χ0n) is 8.90. The van der Waals surface area contributed by atoms with Crippen LogP contribution in [-0.4, -0.2) is 16.4 Å². The van der Waals surface area contributed by atoms with Gasteiger partial charge in [-0.1, -0.05) is 50.1 Å². The first kappa shape index (κ1) is 11.5. The molecule has 2 nitrogen and oxygen atoms in total. The summed E-state index contributed by atoms with van der Waals surface area (Å²) in [6.45, 7) is 0. The quantitative estimate of drug-likeness (QED) is 0.436. The zero-order chi connectivity index (χ0) is 12.0. The maximum absolute atomic E-state index is 11.9. The second-order valence-corrected chi connectivity index (χ2v) is 6.64. The third kappa shape index (κ3) is 1.78. The first-order valence-electron chi connectivity index (χ1n) is 5.44. The number of carbonyl (C=O) groups is 1. The molecule has 1 saturated heterocycles. The van der Waals surface area contributed by atoms with Crippen LogP contribution < -0.4 is 0 Å². The minimum absolute atomic E-state index is 0.0735. The van der Waals surface area contributed by atoms with Gasteiger partial charge in [-0.05, 0) is 30.2 Å². The van der Waals surface area contributed by atoms with Gasteiger partial charge in [-0.3, -0.25) is 4.79 Å². The lowest BCUT2D eigenvalue weighted by Crippen LogP contribution is -2.49. The maximum atomic E-state index is 11.9. The molecule has 1 aliphatic carbocycles. The Morgan fingerprint density at radius 2 is 2.00 bits per heavy atom. The van der Waals surface area contributed by atoms with E-state index in [1.165, 1.54) is 0 Å². The van der Waals surface area contributed by atoms with E-state index in [2.05, 4.69) is 44.0 Å². The highest BCUT2D eigenvalue weighted by molar-refractivity contribution is 9.10. The van der Waals surface area contributed by atoms with Gasteiger partial charge in [-0.15, -0.1) is 0 Å². The highest BCUT2D eigenvalue weighted by Crippen LogP contribution is 2.48. The molecule has 0 unspecified atom stereocenters. The fraction of sp³-hybridized carbons (Fsp3) is 0.308. The lowest BCUT2D eigenvalue weighted by molar-refractivity contribution is -0.155. The Bertz CT molecular complexity index is 495. The van der Waals surface area contributed by atoms with E-state index in [9.17, 15) is 4.79 Å². The molecule has 0 N–H and O–H groups in total. The van der Waals surface area contributed by atoms with Crippen molar-refractivity contribution in [2.75, 3.05) is 0 Å². The van der Waals surface area contributed by atoms with Gasteiger partial charge in [0.05, 0.1) is 0 Å². The normalized spacial score (nSPS) is 34.8. The highest BCUT2D eigenvalue weighted by atomic mass is 79.9. The maximum Gasteiger partial charge on any atom is 0.328 e. The van der Waals surface area contributed by atoms with E-state index < -0.39 is 4.32 Å². The van der Waals surface area contributed by atoms with E-state index in [0.717, 1.165) is 16.5 Å². The first-order valence-corrected chi connectivity index (χ1v) is 7.03. The first-order chi connectivity index (χ1) is 8.09. The van der Waals surface area contributed by atoms with E-state index in [-0.39, 0.29) is 18.0 Å². The Morgan fingerprint density at radius 1 is 1.29 bits per heavy atom. The minimum Gasteiger partial charge on any atom is -0.457 e. The molecule has 0 amide bonds. The lowest BCUT2D eigenvalue weighted by atomic mass is 9.76. The molecule has 3 aliphatic rings. The number of hydrogen-bond acceptors (Lipinski definition) is 2. The average Bonchev–Trinajstić information content (AvgIpc) is 2.32. The Labute approximate surface area is 116 Å². The molecule has 0 aromatic heterocycles. The number of rotatable bonds is 1. The van der Waals surface area contributed by atoms with E-state index in [0.29, 0.717) is 0 Å². The van der Waals surface area contributed by atoms with Crippen molar-refractivity contribution >= 4 is 37.8 Å². The van der Waals surface area contributed by atoms with Crippen molar-refractivity contribution in [3.63, 3.8) is 0 Å². The number of esters is 1. The van der Waals surface area contributed by atoms with Crippen LogP contribution in [0.25, 0.3) is 0 Å². The molecule has 0 radical (unpaired) electrons. The number of benzene rings is 1. The molecule has 0 saturated carbocycles. The van der Waals surface area contributed by atoms with Crippen molar-refractivity contribution in [3.8, 4) is 0 Å². The average molecular weight is 358 g/mol. The summed E-state index contributed by atoms with van der Waals surface area (Å²) in [4.78, 5) is 11.9. The molecule has 3 atom stereocenters. The monoisotopic (exact) mass is 356 g/mol. The molecule has 0 spiro atoms. The molecule has 1 aromatic rings. The summed E-state index contributed by atoms with van der Waals surface area (Å²) >= 11 is 6.97. The molecule has 4 rings (SSSR count). The molecule has 2 bridgehead atoms. The van der Waals surface area contributed by atoms with Crippen LogP contribution in [0.5, 0.6) is 0 Å². The number of fused-ring (bicyclic) bond motifs is 2. The molecule has 4 heteroatoms. The van der Waals surface area contributed by atoms with E-state index in [1.54, 1.807) is 0 Å². The predicted octanol–water partition coefficient (Wildman–Crippen LogP) is 3.55. The van der Waals surface area contributed by atoms with Crippen LogP contribution in [0.15, 0.2) is 40.9 Å². The number of ether oxygens (including phenoxy) is 1. The zero-order valence-corrected chi connectivity index (χ0v) is 12.1. The molecule has 1 fully saturated rings. The largest absolute Gasteiger partial charge is 0.457 e. The molecule has 17 heavy (non-hydrogen) atoms. The Hall–Kier alpha value is -0.610. The molecular weight excluding hydrogens is 348 g/mol. The third-order valence-electron chi connectivity index (χ3n) is 3.37. The summed E-state index contributed by atoms with van der Waals surface area (Å²) < 4.78 is 5.64. The van der Waals surface area contributed by atoms with Crippen LogP contribution in [0, 0.1) is 0 Å². The fourth-order valence-electron chi connectivity index (χ4n) is 2.45. The number of alkyl halides is 1. The molecule has 1 aromatic carbocycles. The number of carbonyl (C=O) groups excluding carboxylic acids is 1. The standard InChI is InChI=1S/C13H10Br2O2/c14-9-3-1-8(2-4-9)11-7-10-5-6-13(11,15)12(16)17-10/h1-6,10-11H,7H2/t10-,11+,13-/m1/s1. The lowest BCUT2D eigenvalue weighted by Gasteiger charge is -2.42. The van der Waals surface area contributed by atoms with Crippen LogP contribution >= 0.6 is 31.9 Å². The highest BCUT2D eigenvalue weighted by Gasteiger charge is 2.51. The van der Waals surface area contributed by atoms with E-state index in [1.807, 2.05) is 24.3 Å². The van der Waals surface area contributed by atoms with Gasteiger partial charge in [0.15, 0.2) is 0 Å². The van der Waals surface area contributed by atoms with E-state index in [4.69, 9.17) is 4.74 Å². The van der Waals surface area contributed by atoms with Gasteiger partial charge in [0.1, 0.15) is 10.4 Å². The fourth-order valence-corrected chi connectivity index (χ4v) is 3.41. The van der Waals surface area contributed by atoms with Crippen LogP contribution in [0.2, 0.25) is 0 Å². The molecule has 2 heterocycles. The van der Waals surface area contributed by atoms with Crippen molar-refractivity contribution in [1.29, 1.82) is 0 Å². The van der Waals surface area contributed by atoms with Crippen LogP contribution in [0.3, 0.4) is 0 Å². The van der Waals surface area contributed by atoms with E-state index >= 15 is 0 Å². The van der Waals surface area contributed by atoms with Crippen molar-refractivity contribution in [2.45, 2.75) is 22.8 Å². The van der Waals surface area contributed by atoms with Gasteiger partial charge in [0.2, 0.25) is 0 Å². The van der Waals surface area contributed by atoms with Crippen molar-refractivity contribution in [1.82, 2.24) is 0 Å². The molecule has 2 aliphatic heterocycles. The summed E-state index contributed by atoms with van der Waals surface area (Å²) in [6.07, 6.45) is 4.66. The van der Waals surface area contributed by atoms with Crippen molar-refractivity contribution in [2.24, 2.45) is 0 Å². The predicted molar refractivity (Wildman–Crippen MR) is 72.2 cm³/mol. The van der Waals surface area contributed by atoms with Gasteiger partial charge < -0.3 is 4.74 Å². The summed E-state index contributed by atoms with van der Waals surface area (Å²) in [5.74, 6) is -0.0315. The smallest absolute Gasteiger partial charge is 0.328 e. The number of hydrogen-bond donors (Lipinski definition) is 0. The SMILES string of the molecule is O=C1O[C@@H]2C=C[C@@]1(Br)[C@H](c1ccc(Br)cc1)C2. The topological polar surface area (TPSA) is 26.3 Å². The number of halogens is 2. The molecular formula is C13H10Br2O2. The summed E-state index contributed by atoms with van der Waals surface area (Å²) in [5, 5.41) is 0. The molecule has 88 valence electrons. The summed E-state index contributed by atoms with van der Waals surface area (Å²) in [7, 11) is 0. The summed E-state index contributed by atoms with van der Waals surface area (Å²) in [5.41, 5.74) is 1.16. The van der Waals surface area contributed by atoms with Crippen LogP contribution in [-0.2, 0) is 9.53 Å². The van der Waals surface area contributed by atoms with Crippen LogP contribution in [0.1, 0.15) is 17.9 Å². The second-order valence-electron chi connectivity index (χ2n) is 4.41. The van der Waals surface area contributed by atoms with Gasteiger partial charge in [0.25, 0.3) is 0 Å². The van der Waals surface area contributed by atoms with Gasteiger partial charge in [-0.2, -0.15) is 0 Å². The second kappa shape index (κ2) is 3.95. The summed E-state index contributed by atoms with van der Waals surface area (Å²) in [6, 6.07) is 8.12. The Balaban J connectivity index is 2.02. The third-order valence-corrected chi connectivity index (χ3v) is 5.04. The van der Waals surface area contributed by atoms with Gasteiger partial charge in [0, 0.05) is 10.4 Å². The van der Waals surface area contributed by atoms with Crippen molar-refractivity contribution in [3.05, 3.63) is 46.5 Å².